The van der Waals surface area contributed by atoms with Gasteiger partial charge in [-0.1, -0.05) is 60.7 Å². The highest BCUT2D eigenvalue weighted by Gasteiger charge is 2.40. The largest absolute Gasteiger partial charge is 0.420 e. The quantitative estimate of drug-likeness (QED) is 0.167. The van der Waals surface area contributed by atoms with Crippen LogP contribution in [0.3, 0.4) is 0 Å². The lowest BCUT2D eigenvalue weighted by atomic mass is 10.0. The Morgan fingerprint density at radius 1 is 0.367 bits per heavy atom. The molecular weight excluding hydrogens is 764 g/mol. The van der Waals surface area contributed by atoms with Crippen LogP contribution in [0.5, 0.6) is 0 Å². The summed E-state index contributed by atoms with van der Waals surface area (Å²) in [5.41, 5.74) is 2.79. The van der Waals surface area contributed by atoms with E-state index in [-0.39, 0.29) is 17.2 Å². The summed E-state index contributed by atoms with van der Waals surface area (Å²) in [5, 5.41) is 3.07. The highest BCUT2D eigenvalue weighted by Crippen LogP contribution is 2.46. The minimum Gasteiger partial charge on any atom is -0.309 e. The van der Waals surface area contributed by atoms with Crippen molar-refractivity contribution < 1.29 is 13.2 Å². The van der Waals surface area contributed by atoms with Crippen molar-refractivity contribution in [1.82, 2.24) is 54.0 Å². The average molecular weight is 798 g/mol. The first-order chi connectivity index (χ1) is 28.8. The van der Waals surface area contributed by atoms with Gasteiger partial charge in [0.2, 0.25) is 0 Å². The number of para-hydroxylation sites is 2. The fourth-order valence-electron chi connectivity index (χ4n) is 8.36. The van der Waals surface area contributed by atoms with E-state index in [0.29, 0.717) is 85.4 Å². The molecule has 0 N–H and O–H groups in total. The molecule has 5 aromatic carbocycles. The number of aryl methyl sites for hydroxylation is 6. The lowest BCUT2D eigenvalue weighted by Gasteiger charge is -2.23. The summed E-state index contributed by atoms with van der Waals surface area (Å²) in [4.78, 5) is 40.7. The molecule has 0 bridgehead atoms. The molecule has 0 atom stereocenters. The third kappa shape index (κ3) is 6.10. The van der Waals surface area contributed by atoms with Gasteiger partial charge in [0.15, 0.2) is 17.5 Å². The fourth-order valence-corrected chi connectivity index (χ4v) is 8.36. The molecule has 0 aliphatic carbocycles. The highest BCUT2D eigenvalue weighted by molar-refractivity contribution is 6.12. The summed E-state index contributed by atoms with van der Waals surface area (Å²) in [5.74, 6) is 4.10. The van der Waals surface area contributed by atoms with Crippen molar-refractivity contribution >= 4 is 43.6 Å². The standard InChI is InChI=1S/C46H34F3N11/c1-23-50-24(2)54-43(53-23)29-15-17-34-32-11-7-9-13-36(32)59(38(34)19-29)40-21-31(45-57-27(5)52-28(6)58-45)22-41(42(40)46(47,48)49)60-37-14-10-8-12-33(37)35-18-16-30(20-39(35)60)44-55-25(3)51-26(4)56-44/h7-22H,1-6H3. The second-order valence-corrected chi connectivity index (χ2v) is 14.8. The monoisotopic (exact) mass is 797 g/mol. The topological polar surface area (TPSA) is 126 Å². The number of nitrogens with zero attached hydrogens (tertiary/aromatic N) is 11. The maximum atomic E-state index is 16.5. The molecule has 0 spiro atoms. The number of alkyl halides is 3. The van der Waals surface area contributed by atoms with Crippen LogP contribution in [-0.4, -0.2) is 54.0 Å². The molecule has 0 aliphatic rings. The third-order valence-electron chi connectivity index (χ3n) is 10.6. The molecular formula is C46H34F3N11. The van der Waals surface area contributed by atoms with E-state index < -0.39 is 11.7 Å². The van der Waals surface area contributed by atoms with Gasteiger partial charge in [-0.15, -0.1) is 0 Å². The van der Waals surface area contributed by atoms with E-state index in [0.717, 1.165) is 21.5 Å². The summed E-state index contributed by atoms with van der Waals surface area (Å²) in [7, 11) is 0. The van der Waals surface area contributed by atoms with E-state index in [9.17, 15) is 0 Å². The number of benzene rings is 5. The van der Waals surface area contributed by atoms with Crippen LogP contribution in [0.1, 0.15) is 40.5 Å². The molecule has 5 heterocycles. The number of aromatic nitrogens is 11. The first kappa shape index (κ1) is 36.8. The summed E-state index contributed by atoms with van der Waals surface area (Å²) >= 11 is 0. The summed E-state index contributed by atoms with van der Waals surface area (Å²) in [6, 6.07) is 29.3. The van der Waals surface area contributed by atoms with Crippen LogP contribution in [0.25, 0.3) is 89.2 Å². The Labute approximate surface area is 340 Å². The van der Waals surface area contributed by atoms with Gasteiger partial charge in [0, 0.05) is 38.2 Å². The van der Waals surface area contributed by atoms with Gasteiger partial charge >= 0.3 is 6.18 Å². The zero-order valence-corrected chi connectivity index (χ0v) is 33.3. The van der Waals surface area contributed by atoms with Gasteiger partial charge in [-0.05, 0) is 77.9 Å². The molecule has 0 saturated carbocycles. The normalized spacial score (nSPS) is 12.1. The van der Waals surface area contributed by atoms with E-state index in [1.165, 1.54) is 12.1 Å². The minimum atomic E-state index is -4.87. The predicted molar refractivity (Wildman–Crippen MR) is 225 cm³/mol. The Balaban J connectivity index is 1.37. The van der Waals surface area contributed by atoms with E-state index in [2.05, 4.69) is 44.9 Å². The van der Waals surface area contributed by atoms with Gasteiger partial charge in [0.05, 0.1) is 33.4 Å². The summed E-state index contributed by atoms with van der Waals surface area (Å²) in [6.07, 6.45) is -4.87. The fraction of sp³-hybridized carbons (Fsp3) is 0.152. The van der Waals surface area contributed by atoms with Crippen molar-refractivity contribution in [3.8, 4) is 45.5 Å². The Hall–Kier alpha value is -7.48. The maximum Gasteiger partial charge on any atom is 0.420 e. The molecule has 0 amide bonds. The van der Waals surface area contributed by atoms with Crippen molar-refractivity contribution in [3.05, 3.63) is 138 Å². The van der Waals surface area contributed by atoms with Crippen LogP contribution >= 0.6 is 0 Å². The molecule has 11 nitrogen and oxygen atoms in total. The number of fused-ring (bicyclic) bond motifs is 6. The van der Waals surface area contributed by atoms with Crippen LogP contribution in [-0.2, 0) is 6.18 Å². The van der Waals surface area contributed by atoms with Crippen molar-refractivity contribution in [2.45, 2.75) is 47.7 Å². The molecule has 10 rings (SSSR count). The van der Waals surface area contributed by atoms with Crippen molar-refractivity contribution in [2.75, 3.05) is 0 Å². The van der Waals surface area contributed by atoms with Crippen molar-refractivity contribution in [2.24, 2.45) is 0 Å². The van der Waals surface area contributed by atoms with Gasteiger partial charge < -0.3 is 9.13 Å². The SMILES string of the molecule is Cc1nc(C)nc(-c2cc(-n3c4ccccc4c4ccc(-c5nc(C)nc(C)n5)cc43)c(C(F)(F)F)c(-n3c4ccccc4c4ccc(-c5nc(C)nc(C)n5)cc43)c2)n1. The third-order valence-corrected chi connectivity index (χ3v) is 10.6. The molecule has 0 saturated heterocycles. The van der Waals surface area contributed by atoms with Crippen LogP contribution in [0.4, 0.5) is 13.2 Å². The lowest BCUT2D eigenvalue weighted by Crippen LogP contribution is -2.16. The Kier molecular flexibility index (Phi) is 8.32. The van der Waals surface area contributed by atoms with E-state index >= 15 is 13.2 Å². The van der Waals surface area contributed by atoms with Gasteiger partial charge in [0.25, 0.3) is 0 Å². The first-order valence-electron chi connectivity index (χ1n) is 19.2. The summed E-state index contributed by atoms with van der Waals surface area (Å²) in [6.45, 7) is 10.6. The zero-order valence-electron chi connectivity index (χ0n) is 33.3. The molecule has 0 radical (unpaired) electrons. The molecule has 0 unspecified atom stereocenters. The van der Waals surface area contributed by atoms with Gasteiger partial charge in [0.1, 0.15) is 40.5 Å². The number of rotatable bonds is 5. The number of halogens is 3. The molecule has 10 aromatic rings. The van der Waals surface area contributed by atoms with Crippen LogP contribution in [0, 0.1) is 41.5 Å². The molecule has 60 heavy (non-hydrogen) atoms. The van der Waals surface area contributed by atoms with Crippen molar-refractivity contribution in [3.63, 3.8) is 0 Å². The summed E-state index contributed by atoms with van der Waals surface area (Å²) < 4.78 is 52.9. The first-order valence-corrected chi connectivity index (χ1v) is 19.2. The molecule has 294 valence electrons. The molecule has 14 heteroatoms. The van der Waals surface area contributed by atoms with E-state index in [1.807, 2.05) is 84.9 Å². The van der Waals surface area contributed by atoms with Crippen LogP contribution in [0.15, 0.2) is 97.1 Å². The lowest BCUT2D eigenvalue weighted by molar-refractivity contribution is -0.137. The second kappa shape index (κ2) is 13.5. The Bertz CT molecular complexity index is 3150. The Morgan fingerprint density at radius 2 is 0.700 bits per heavy atom. The number of hydrogen-bond donors (Lipinski definition) is 0. The van der Waals surface area contributed by atoms with Crippen molar-refractivity contribution in [1.29, 1.82) is 0 Å². The van der Waals surface area contributed by atoms with Crippen LogP contribution < -0.4 is 0 Å². The van der Waals surface area contributed by atoms with Gasteiger partial charge in [-0.3, -0.25) is 0 Å². The Morgan fingerprint density at radius 3 is 1.07 bits per heavy atom. The molecule has 5 aromatic heterocycles. The van der Waals surface area contributed by atoms with E-state index in [1.54, 1.807) is 50.7 Å². The average Bonchev–Trinajstić information content (AvgIpc) is 3.71. The maximum absolute atomic E-state index is 16.5. The number of hydrogen-bond acceptors (Lipinski definition) is 9. The van der Waals surface area contributed by atoms with E-state index in [4.69, 9.17) is 0 Å². The smallest absolute Gasteiger partial charge is 0.309 e. The van der Waals surface area contributed by atoms with Gasteiger partial charge in [-0.2, -0.15) is 13.2 Å². The predicted octanol–water partition coefficient (Wildman–Crippen LogP) is 10.3. The minimum absolute atomic E-state index is 0.108. The van der Waals surface area contributed by atoms with Crippen LogP contribution in [0.2, 0.25) is 0 Å². The van der Waals surface area contributed by atoms with Gasteiger partial charge in [-0.25, -0.2) is 44.9 Å². The zero-order chi connectivity index (χ0) is 41.6. The molecule has 0 aliphatic heterocycles. The molecule has 0 fully saturated rings. The second-order valence-electron chi connectivity index (χ2n) is 14.8. The highest BCUT2D eigenvalue weighted by atomic mass is 19.4.